The fourth-order valence-electron chi connectivity index (χ4n) is 3.28. The van der Waals surface area contributed by atoms with Crippen LogP contribution in [0.25, 0.3) is 0 Å². The Kier molecular flexibility index (Phi) is 5.33. The molecule has 1 saturated heterocycles. The van der Waals surface area contributed by atoms with Gasteiger partial charge in [0, 0.05) is 37.9 Å². The number of benzene rings is 1. The first-order chi connectivity index (χ1) is 11.7. The Bertz CT molecular complexity index is 668. The van der Waals surface area contributed by atoms with Crippen LogP contribution in [0.3, 0.4) is 0 Å². The number of carbonyl (C=O) groups is 1. The first-order valence-electron chi connectivity index (χ1n) is 8.45. The van der Waals surface area contributed by atoms with Crippen LogP contribution in [0, 0.1) is 0 Å². The van der Waals surface area contributed by atoms with E-state index in [4.69, 9.17) is 4.74 Å². The van der Waals surface area contributed by atoms with Crippen LogP contribution in [0.1, 0.15) is 41.0 Å². The Morgan fingerprint density at radius 3 is 2.96 bits per heavy atom. The number of ether oxygens (including phenoxy) is 1. The van der Waals surface area contributed by atoms with Gasteiger partial charge in [-0.05, 0) is 30.5 Å². The van der Waals surface area contributed by atoms with Gasteiger partial charge in [-0.2, -0.15) is 0 Å². The average molecular weight is 327 g/mol. The number of rotatable bonds is 6. The molecule has 0 saturated carbocycles. The van der Waals surface area contributed by atoms with Gasteiger partial charge in [-0.3, -0.25) is 4.90 Å². The van der Waals surface area contributed by atoms with Crippen LogP contribution in [0.2, 0.25) is 0 Å². The molecule has 1 aromatic carbocycles. The van der Waals surface area contributed by atoms with E-state index in [9.17, 15) is 4.79 Å². The minimum atomic E-state index is -0.329. The van der Waals surface area contributed by atoms with Crippen LogP contribution < -0.4 is 5.32 Å². The molecular formula is C19H25N3O2. The summed E-state index contributed by atoms with van der Waals surface area (Å²) in [6.45, 7) is 5.18. The van der Waals surface area contributed by atoms with E-state index in [-0.39, 0.29) is 5.97 Å². The van der Waals surface area contributed by atoms with Crippen LogP contribution in [0.4, 0.5) is 0 Å². The van der Waals surface area contributed by atoms with Crippen LogP contribution in [-0.4, -0.2) is 42.1 Å². The van der Waals surface area contributed by atoms with Gasteiger partial charge in [-0.15, -0.1) is 0 Å². The number of carbonyl (C=O) groups excluding carboxylic acids is 1. The van der Waals surface area contributed by atoms with Crippen molar-refractivity contribution in [3.05, 3.63) is 59.4 Å². The molecule has 1 aliphatic rings. The van der Waals surface area contributed by atoms with Crippen LogP contribution in [0.5, 0.6) is 0 Å². The summed E-state index contributed by atoms with van der Waals surface area (Å²) in [5, 5.41) is 3.59. The Labute approximate surface area is 143 Å². The second kappa shape index (κ2) is 7.64. The number of esters is 1. The highest BCUT2D eigenvalue weighted by molar-refractivity contribution is 5.87. The molecule has 2 aromatic rings. The molecule has 2 N–H and O–H groups in total. The summed E-state index contributed by atoms with van der Waals surface area (Å²) in [4.78, 5) is 16.9. The highest BCUT2D eigenvalue weighted by atomic mass is 16.5. The maximum Gasteiger partial charge on any atom is 0.354 e. The lowest BCUT2D eigenvalue weighted by atomic mass is 10.1. The van der Waals surface area contributed by atoms with Crippen molar-refractivity contribution in [2.45, 2.75) is 32.0 Å². The van der Waals surface area contributed by atoms with Crippen molar-refractivity contribution >= 4 is 5.97 Å². The molecule has 2 heterocycles. The molecular weight excluding hydrogens is 302 g/mol. The van der Waals surface area contributed by atoms with Gasteiger partial charge < -0.3 is 15.0 Å². The first-order valence-corrected chi connectivity index (χ1v) is 8.45. The number of aromatic amines is 1. The number of hydrogen-bond acceptors (Lipinski definition) is 4. The van der Waals surface area contributed by atoms with E-state index in [1.807, 2.05) is 12.3 Å². The third-order valence-corrected chi connectivity index (χ3v) is 4.79. The summed E-state index contributed by atoms with van der Waals surface area (Å²) in [7, 11) is 1.39. The maximum atomic E-state index is 11.5. The summed E-state index contributed by atoms with van der Waals surface area (Å²) in [6.07, 6.45) is 3.00. The van der Waals surface area contributed by atoms with E-state index in [2.05, 4.69) is 52.5 Å². The lowest BCUT2D eigenvalue weighted by molar-refractivity contribution is 0.0595. The van der Waals surface area contributed by atoms with Crippen LogP contribution >= 0.6 is 0 Å². The van der Waals surface area contributed by atoms with Gasteiger partial charge in [0.1, 0.15) is 5.69 Å². The van der Waals surface area contributed by atoms with E-state index in [1.165, 1.54) is 12.7 Å². The molecule has 2 atom stereocenters. The largest absolute Gasteiger partial charge is 0.464 e. The van der Waals surface area contributed by atoms with E-state index in [1.54, 1.807) is 0 Å². The molecule has 128 valence electrons. The smallest absolute Gasteiger partial charge is 0.354 e. The summed E-state index contributed by atoms with van der Waals surface area (Å²) in [5.41, 5.74) is 2.94. The highest BCUT2D eigenvalue weighted by Crippen LogP contribution is 2.24. The van der Waals surface area contributed by atoms with Gasteiger partial charge in [0.05, 0.1) is 7.11 Å². The molecule has 5 heteroatoms. The summed E-state index contributed by atoms with van der Waals surface area (Å²) < 4.78 is 4.71. The zero-order valence-corrected chi connectivity index (χ0v) is 14.3. The number of H-pyrrole nitrogens is 1. The molecule has 1 aromatic heterocycles. The van der Waals surface area contributed by atoms with E-state index >= 15 is 0 Å². The SMILES string of the molecule is COC(=O)c1cc(CNC2CCN(C(C)c3ccccc3)C2)c[nH]1. The van der Waals surface area contributed by atoms with Crippen LogP contribution in [0.15, 0.2) is 42.6 Å². The first kappa shape index (κ1) is 16.7. The molecule has 0 amide bonds. The normalized spacial score (nSPS) is 19.3. The second-order valence-electron chi connectivity index (χ2n) is 6.36. The topological polar surface area (TPSA) is 57.4 Å². The lowest BCUT2D eigenvalue weighted by Crippen LogP contribution is -2.33. The number of nitrogens with zero attached hydrogens (tertiary/aromatic N) is 1. The molecule has 24 heavy (non-hydrogen) atoms. The van der Waals surface area contributed by atoms with Crippen LogP contribution in [-0.2, 0) is 11.3 Å². The average Bonchev–Trinajstić information content (AvgIpc) is 3.29. The summed E-state index contributed by atoms with van der Waals surface area (Å²) >= 11 is 0. The monoisotopic (exact) mass is 327 g/mol. The molecule has 0 spiro atoms. The molecule has 3 rings (SSSR count). The number of likely N-dealkylation sites (tertiary alicyclic amines) is 1. The van der Waals surface area contributed by atoms with E-state index in [0.29, 0.717) is 17.8 Å². The van der Waals surface area contributed by atoms with Gasteiger partial charge in [0.2, 0.25) is 0 Å². The minimum Gasteiger partial charge on any atom is -0.464 e. The zero-order valence-electron chi connectivity index (χ0n) is 14.3. The molecule has 0 radical (unpaired) electrons. The van der Waals surface area contributed by atoms with Gasteiger partial charge in [0.15, 0.2) is 0 Å². The Morgan fingerprint density at radius 1 is 1.42 bits per heavy atom. The fourth-order valence-corrected chi connectivity index (χ4v) is 3.28. The molecule has 1 fully saturated rings. The standard InChI is InChI=1S/C19H25N3O2/c1-14(16-6-4-3-5-7-16)22-9-8-17(13-22)20-11-15-10-18(21-12-15)19(23)24-2/h3-7,10,12,14,17,20-21H,8-9,11,13H2,1-2H3. The van der Waals surface area contributed by atoms with Crippen molar-refractivity contribution in [1.29, 1.82) is 0 Å². The van der Waals surface area contributed by atoms with E-state index in [0.717, 1.165) is 31.6 Å². The van der Waals surface area contributed by atoms with Crippen molar-refractivity contribution < 1.29 is 9.53 Å². The Balaban J connectivity index is 1.49. The summed E-state index contributed by atoms with van der Waals surface area (Å²) in [5.74, 6) is -0.329. The fraction of sp³-hybridized carbons (Fsp3) is 0.421. The lowest BCUT2D eigenvalue weighted by Gasteiger charge is -2.24. The number of hydrogen-bond donors (Lipinski definition) is 2. The third-order valence-electron chi connectivity index (χ3n) is 4.79. The molecule has 0 aliphatic carbocycles. The Morgan fingerprint density at radius 2 is 2.21 bits per heavy atom. The Hall–Kier alpha value is -2.11. The van der Waals surface area contributed by atoms with Crippen molar-refractivity contribution in [1.82, 2.24) is 15.2 Å². The number of nitrogens with one attached hydrogen (secondary N) is 2. The van der Waals surface area contributed by atoms with Gasteiger partial charge in [0.25, 0.3) is 0 Å². The highest BCUT2D eigenvalue weighted by Gasteiger charge is 2.26. The van der Waals surface area contributed by atoms with Crippen molar-refractivity contribution in [2.75, 3.05) is 20.2 Å². The second-order valence-corrected chi connectivity index (χ2v) is 6.36. The minimum absolute atomic E-state index is 0.329. The van der Waals surface area contributed by atoms with Crippen molar-refractivity contribution in [3.63, 3.8) is 0 Å². The maximum absolute atomic E-state index is 11.5. The quantitative estimate of drug-likeness (QED) is 0.801. The van der Waals surface area contributed by atoms with E-state index < -0.39 is 0 Å². The zero-order chi connectivity index (χ0) is 16.9. The third kappa shape index (κ3) is 3.86. The number of aromatic nitrogens is 1. The van der Waals surface area contributed by atoms with Crippen molar-refractivity contribution in [2.24, 2.45) is 0 Å². The molecule has 0 bridgehead atoms. The molecule has 5 nitrogen and oxygen atoms in total. The van der Waals surface area contributed by atoms with Gasteiger partial charge >= 0.3 is 5.97 Å². The van der Waals surface area contributed by atoms with Crippen molar-refractivity contribution in [3.8, 4) is 0 Å². The molecule has 2 unspecified atom stereocenters. The molecule has 1 aliphatic heterocycles. The number of methoxy groups -OCH3 is 1. The van der Waals surface area contributed by atoms with Gasteiger partial charge in [-0.1, -0.05) is 30.3 Å². The predicted octanol–water partition coefficient (Wildman–Crippen LogP) is 2.73. The summed E-state index contributed by atoms with van der Waals surface area (Å²) in [6, 6.07) is 13.4. The predicted molar refractivity (Wildman–Crippen MR) is 93.8 cm³/mol. The van der Waals surface area contributed by atoms with Gasteiger partial charge in [-0.25, -0.2) is 4.79 Å².